The molecule has 0 aromatic rings. The number of nitrogens with zero attached hydrogens (tertiary/aromatic N) is 2. The summed E-state index contributed by atoms with van der Waals surface area (Å²) in [6, 6.07) is 0.432. The van der Waals surface area contributed by atoms with Crippen molar-refractivity contribution in [2.45, 2.75) is 38.6 Å². The predicted molar refractivity (Wildman–Crippen MR) is 51.4 cm³/mol. The Bertz CT molecular complexity index is 261. The molecule has 2 fully saturated rings. The van der Waals surface area contributed by atoms with Crippen LogP contribution in [0.5, 0.6) is 0 Å². The maximum atomic E-state index is 11.5. The number of carbonyl (C=O) groups excluding carboxylic acids is 2. The standard InChI is InChI=1S/C10H16N2O2/c1-2-3-9(13)11-6-10(14)12(7-11)8-4-5-8/h8H,2-7H2,1H3. The highest BCUT2D eigenvalue weighted by molar-refractivity contribution is 5.88. The SMILES string of the molecule is CCCC(=O)N1CC(=O)N(C2CC2)C1. The van der Waals surface area contributed by atoms with Crippen LogP contribution in [0.4, 0.5) is 0 Å². The van der Waals surface area contributed by atoms with Gasteiger partial charge in [-0.25, -0.2) is 0 Å². The van der Waals surface area contributed by atoms with Gasteiger partial charge in [0.2, 0.25) is 11.8 Å². The molecule has 0 N–H and O–H groups in total. The van der Waals surface area contributed by atoms with Gasteiger partial charge in [0.25, 0.3) is 0 Å². The summed E-state index contributed by atoms with van der Waals surface area (Å²) in [5.74, 6) is 0.237. The van der Waals surface area contributed by atoms with E-state index in [1.807, 2.05) is 11.8 Å². The van der Waals surface area contributed by atoms with Crippen molar-refractivity contribution in [3.8, 4) is 0 Å². The van der Waals surface area contributed by atoms with Crippen LogP contribution in [0.2, 0.25) is 0 Å². The first-order chi connectivity index (χ1) is 6.72. The highest BCUT2D eigenvalue weighted by Gasteiger charge is 2.39. The Morgan fingerprint density at radius 1 is 1.50 bits per heavy atom. The summed E-state index contributed by atoms with van der Waals surface area (Å²) in [7, 11) is 0. The molecule has 1 aliphatic heterocycles. The van der Waals surface area contributed by atoms with Gasteiger partial charge in [-0.05, 0) is 19.3 Å². The van der Waals surface area contributed by atoms with Gasteiger partial charge in [0, 0.05) is 12.5 Å². The third kappa shape index (κ3) is 1.74. The summed E-state index contributed by atoms with van der Waals surface area (Å²) in [6.07, 6.45) is 3.64. The van der Waals surface area contributed by atoms with Crippen LogP contribution in [0.15, 0.2) is 0 Å². The lowest BCUT2D eigenvalue weighted by Crippen LogP contribution is -2.32. The second-order valence-corrected chi connectivity index (χ2v) is 4.08. The molecular formula is C10H16N2O2. The summed E-state index contributed by atoms with van der Waals surface area (Å²) in [4.78, 5) is 26.5. The van der Waals surface area contributed by atoms with E-state index in [2.05, 4.69) is 0 Å². The number of hydrogen-bond acceptors (Lipinski definition) is 2. The fraction of sp³-hybridized carbons (Fsp3) is 0.800. The second kappa shape index (κ2) is 3.59. The van der Waals surface area contributed by atoms with Crippen LogP contribution in [0.25, 0.3) is 0 Å². The van der Waals surface area contributed by atoms with E-state index in [0.717, 1.165) is 19.3 Å². The van der Waals surface area contributed by atoms with E-state index in [9.17, 15) is 9.59 Å². The Morgan fingerprint density at radius 3 is 2.79 bits per heavy atom. The largest absolute Gasteiger partial charge is 0.320 e. The summed E-state index contributed by atoms with van der Waals surface area (Å²) in [5.41, 5.74) is 0. The first-order valence-corrected chi connectivity index (χ1v) is 5.29. The molecule has 1 heterocycles. The van der Waals surface area contributed by atoms with Gasteiger partial charge in [-0.1, -0.05) is 6.92 Å². The Kier molecular flexibility index (Phi) is 2.44. The maximum absolute atomic E-state index is 11.5. The van der Waals surface area contributed by atoms with Crippen LogP contribution in [0.3, 0.4) is 0 Å². The van der Waals surface area contributed by atoms with Gasteiger partial charge in [0.05, 0.1) is 6.67 Å². The van der Waals surface area contributed by atoms with E-state index >= 15 is 0 Å². The zero-order valence-corrected chi connectivity index (χ0v) is 8.53. The number of rotatable bonds is 3. The normalized spacial score (nSPS) is 21.9. The molecule has 1 saturated heterocycles. The van der Waals surface area contributed by atoms with Crippen molar-refractivity contribution in [2.24, 2.45) is 0 Å². The van der Waals surface area contributed by atoms with Crippen LogP contribution < -0.4 is 0 Å². The Morgan fingerprint density at radius 2 is 2.21 bits per heavy atom. The minimum Gasteiger partial charge on any atom is -0.320 e. The van der Waals surface area contributed by atoms with E-state index in [4.69, 9.17) is 0 Å². The monoisotopic (exact) mass is 196 g/mol. The van der Waals surface area contributed by atoms with Crippen molar-refractivity contribution in [3.05, 3.63) is 0 Å². The molecule has 0 aromatic heterocycles. The van der Waals surface area contributed by atoms with Crippen LogP contribution >= 0.6 is 0 Å². The van der Waals surface area contributed by atoms with E-state index in [1.165, 1.54) is 0 Å². The molecular weight excluding hydrogens is 180 g/mol. The molecule has 4 nitrogen and oxygen atoms in total. The van der Waals surface area contributed by atoms with Crippen molar-refractivity contribution >= 4 is 11.8 Å². The van der Waals surface area contributed by atoms with Gasteiger partial charge in [-0.2, -0.15) is 0 Å². The molecule has 0 spiro atoms. The fourth-order valence-corrected chi connectivity index (χ4v) is 1.81. The summed E-state index contributed by atoms with van der Waals surface area (Å²) in [6.45, 7) is 2.81. The molecule has 2 rings (SSSR count). The lowest BCUT2D eigenvalue weighted by atomic mass is 10.3. The molecule has 2 aliphatic rings. The van der Waals surface area contributed by atoms with E-state index in [1.54, 1.807) is 4.90 Å². The third-order valence-corrected chi connectivity index (χ3v) is 2.77. The van der Waals surface area contributed by atoms with Gasteiger partial charge >= 0.3 is 0 Å². The molecule has 1 saturated carbocycles. The Labute approximate surface area is 83.9 Å². The van der Waals surface area contributed by atoms with Gasteiger partial charge in [-0.15, -0.1) is 0 Å². The molecule has 2 amide bonds. The van der Waals surface area contributed by atoms with Crippen LogP contribution in [0, 0.1) is 0 Å². The number of carbonyl (C=O) groups is 2. The molecule has 0 atom stereocenters. The lowest BCUT2D eigenvalue weighted by molar-refractivity contribution is -0.131. The fourth-order valence-electron chi connectivity index (χ4n) is 1.81. The maximum Gasteiger partial charge on any atom is 0.243 e. The first-order valence-electron chi connectivity index (χ1n) is 5.29. The van der Waals surface area contributed by atoms with Crippen molar-refractivity contribution in [1.82, 2.24) is 9.80 Å². The topological polar surface area (TPSA) is 40.6 Å². The summed E-state index contributed by atoms with van der Waals surface area (Å²) >= 11 is 0. The van der Waals surface area contributed by atoms with Crippen molar-refractivity contribution in [1.29, 1.82) is 0 Å². The zero-order valence-electron chi connectivity index (χ0n) is 8.53. The zero-order chi connectivity index (χ0) is 10.1. The highest BCUT2D eigenvalue weighted by atomic mass is 16.2. The van der Waals surface area contributed by atoms with E-state index in [0.29, 0.717) is 25.7 Å². The minimum absolute atomic E-state index is 0.115. The number of hydrogen-bond donors (Lipinski definition) is 0. The second-order valence-electron chi connectivity index (χ2n) is 4.08. The van der Waals surface area contributed by atoms with E-state index in [-0.39, 0.29) is 11.8 Å². The number of amides is 2. The molecule has 0 bridgehead atoms. The van der Waals surface area contributed by atoms with Crippen LogP contribution in [-0.4, -0.2) is 40.9 Å². The quantitative estimate of drug-likeness (QED) is 0.662. The molecule has 4 heteroatoms. The van der Waals surface area contributed by atoms with Gasteiger partial charge in [0.15, 0.2) is 0 Å². The highest BCUT2D eigenvalue weighted by Crippen LogP contribution is 2.29. The average Bonchev–Trinajstić information content (AvgIpc) is 2.91. The van der Waals surface area contributed by atoms with Crippen molar-refractivity contribution in [2.75, 3.05) is 13.2 Å². The van der Waals surface area contributed by atoms with E-state index < -0.39 is 0 Å². The summed E-state index contributed by atoms with van der Waals surface area (Å²) < 4.78 is 0. The first kappa shape index (κ1) is 9.49. The molecule has 0 aromatic carbocycles. The lowest BCUT2D eigenvalue weighted by Gasteiger charge is -2.17. The van der Waals surface area contributed by atoms with Gasteiger partial charge < -0.3 is 9.80 Å². The van der Waals surface area contributed by atoms with Gasteiger partial charge in [-0.3, -0.25) is 9.59 Å². The summed E-state index contributed by atoms with van der Waals surface area (Å²) in [5, 5.41) is 0. The van der Waals surface area contributed by atoms with Crippen molar-refractivity contribution in [3.63, 3.8) is 0 Å². The average molecular weight is 196 g/mol. The smallest absolute Gasteiger partial charge is 0.243 e. The van der Waals surface area contributed by atoms with Crippen molar-refractivity contribution < 1.29 is 9.59 Å². The van der Waals surface area contributed by atoms with Crippen LogP contribution in [0.1, 0.15) is 32.6 Å². The van der Waals surface area contributed by atoms with Crippen LogP contribution in [-0.2, 0) is 9.59 Å². The molecule has 14 heavy (non-hydrogen) atoms. The molecule has 0 radical (unpaired) electrons. The third-order valence-electron chi connectivity index (χ3n) is 2.77. The predicted octanol–water partition coefficient (Wildman–Crippen LogP) is 0.577. The Hall–Kier alpha value is -1.06. The molecule has 1 aliphatic carbocycles. The van der Waals surface area contributed by atoms with Gasteiger partial charge in [0.1, 0.15) is 6.54 Å². The minimum atomic E-state index is 0.115. The molecule has 0 unspecified atom stereocenters. The Balaban J connectivity index is 1.91. The molecule has 78 valence electrons.